The fourth-order valence-corrected chi connectivity index (χ4v) is 1.68. The van der Waals surface area contributed by atoms with Gasteiger partial charge in [-0.05, 0) is 44.9 Å². The summed E-state index contributed by atoms with van der Waals surface area (Å²) in [5.74, 6) is -0.977. The molecule has 0 saturated heterocycles. The predicted molar refractivity (Wildman–Crippen MR) is 94.7 cm³/mol. The summed E-state index contributed by atoms with van der Waals surface area (Å²) in [5.41, 5.74) is 0. The van der Waals surface area contributed by atoms with Gasteiger partial charge < -0.3 is 15.0 Å². The Morgan fingerprint density at radius 1 is 0.957 bits per heavy atom. The quantitative estimate of drug-likeness (QED) is 0.320. The fraction of sp³-hybridized carbons (Fsp3) is 0.450. The molecule has 0 aromatic heterocycles. The molecule has 0 bridgehead atoms. The summed E-state index contributed by atoms with van der Waals surface area (Å²) < 4.78 is 0. The molecule has 0 amide bonds. The van der Waals surface area contributed by atoms with Crippen LogP contribution in [0.15, 0.2) is 60.8 Å². The number of hydrogen-bond acceptors (Lipinski definition) is 3. The number of aliphatic hydroxyl groups excluding tert-OH is 1. The molecule has 1 atom stereocenters. The molecule has 0 aromatic carbocycles. The predicted octanol–water partition coefficient (Wildman–Crippen LogP) is 3.63. The Hall–Kier alpha value is -1.87. The van der Waals surface area contributed by atoms with E-state index < -0.39 is 5.97 Å². The lowest BCUT2D eigenvalue weighted by molar-refractivity contribution is -0.305. The molecule has 0 aromatic rings. The molecule has 0 radical (unpaired) electrons. The number of carbonyl (C=O) groups is 1. The smallest absolute Gasteiger partial charge is 0.0721 e. The Labute approximate surface area is 140 Å². The number of rotatable bonds is 13. The second-order valence-electron chi connectivity index (χ2n) is 5.17. The second-order valence-corrected chi connectivity index (χ2v) is 5.17. The lowest BCUT2D eigenvalue weighted by Gasteiger charge is -1.97. The zero-order valence-electron chi connectivity index (χ0n) is 14.1. The van der Waals surface area contributed by atoms with Crippen molar-refractivity contribution in [3.8, 4) is 0 Å². The summed E-state index contributed by atoms with van der Waals surface area (Å²) in [6.07, 6.45) is 24.8. The van der Waals surface area contributed by atoms with Crippen molar-refractivity contribution >= 4 is 5.97 Å². The number of hydrogen-bond donors (Lipinski definition) is 1. The van der Waals surface area contributed by atoms with Crippen LogP contribution in [0.4, 0.5) is 0 Å². The van der Waals surface area contributed by atoms with Crippen LogP contribution in [-0.2, 0) is 4.79 Å². The molecule has 3 heteroatoms. The largest absolute Gasteiger partial charge is 0.550 e. The monoisotopic (exact) mass is 317 g/mol. The Balaban J connectivity index is 3.55. The molecule has 0 spiro atoms. The van der Waals surface area contributed by atoms with Gasteiger partial charge in [-0.1, -0.05) is 67.7 Å². The first-order chi connectivity index (χ1) is 11.2. The van der Waals surface area contributed by atoms with Crippen molar-refractivity contribution in [2.24, 2.45) is 0 Å². The minimum absolute atomic E-state index is 0.133. The first-order valence-corrected chi connectivity index (χ1v) is 8.33. The third-order valence-corrected chi connectivity index (χ3v) is 3.07. The number of allylic oxidation sites excluding steroid dienone is 9. The summed E-state index contributed by atoms with van der Waals surface area (Å²) in [5, 5.41) is 19.5. The third-order valence-electron chi connectivity index (χ3n) is 3.07. The van der Waals surface area contributed by atoms with Gasteiger partial charge >= 0.3 is 0 Å². The van der Waals surface area contributed by atoms with E-state index in [4.69, 9.17) is 0 Å². The van der Waals surface area contributed by atoms with Gasteiger partial charge in [0.25, 0.3) is 0 Å². The molecule has 0 rings (SSSR count). The van der Waals surface area contributed by atoms with E-state index in [1.54, 1.807) is 6.08 Å². The van der Waals surface area contributed by atoms with E-state index in [1.807, 2.05) is 25.2 Å². The molecule has 0 fully saturated rings. The van der Waals surface area contributed by atoms with Gasteiger partial charge in [-0.25, -0.2) is 0 Å². The maximum Gasteiger partial charge on any atom is 0.0721 e. The molecule has 23 heavy (non-hydrogen) atoms. The van der Waals surface area contributed by atoms with Crippen LogP contribution in [0.3, 0.4) is 0 Å². The van der Waals surface area contributed by atoms with E-state index in [0.29, 0.717) is 6.42 Å². The molecule has 0 aliphatic heterocycles. The topological polar surface area (TPSA) is 60.4 Å². The molecule has 0 heterocycles. The molecule has 3 nitrogen and oxygen atoms in total. The van der Waals surface area contributed by atoms with Crippen molar-refractivity contribution < 1.29 is 15.0 Å². The molecule has 0 saturated carbocycles. The first kappa shape index (κ1) is 21.1. The van der Waals surface area contributed by atoms with Crippen LogP contribution in [0.2, 0.25) is 0 Å². The van der Waals surface area contributed by atoms with E-state index in [2.05, 4.69) is 36.5 Å². The van der Waals surface area contributed by atoms with Crippen LogP contribution in [0.1, 0.15) is 51.9 Å². The fourth-order valence-electron chi connectivity index (χ4n) is 1.68. The van der Waals surface area contributed by atoms with Gasteiger partial charge in [0.1, 0.15) is 0 Å². The average molecular weight is 317 g/mol. The van der Waals surface area contributed by atoms with Crippen LogP contribution in [-0.4, -0.2) is 17.2 Å². The summed E-state index contributed by atoms with van der Waals surface area (Å²) in [7, 11) is 0. The minimum atomic E-state index is -0.977. The van der Waals surface area contributed by atoms with Gasteiger partial charge in [0.2, 0.25) is 0 Å². The Bertz CT molecular complexity index is 428. The number of unbranched alkanes of at least 4 members (excludes halogenated alkanes) is 1. The maximum atomic E-state index is 10.2. The molecular weight excluding hydrogens is 288 g/mol. The van der Waals surface area contributed by atoms with Crippen molar-refractivity contribution in [1.29, 1.82) is 0 Å². The zero-order chi connectivity index (χ0) is 17.2. The molecular formula is C20H29O3-. The van der Waals surface area contributed by atoms with Gasteiger partial charge in [0.15, 0.2) is 0 Å². The van der Waals surface area contributed by atoms with Crippen molar-refractivity contribution in [1.82, 2.24) is 0 Å². The second kappa shape index (κ2) is 16.5. The van der Waals surface area contributed by atoms with Crippen LogP contribution >= 0.6 is 0 Å². The number of carboxylic acids is 1. The molecule has 0 aliphatic carbocycles. The van der Waals surface area contributed by atoms with E-state index >= 15 is 0 Å². The van der Waals surface area contributed by atoms with Gasteiger partial charge in [-0.15, -0.1) is 0 Å². The van der Waals surface area contributed by atoms with Crippen LogP contribution < -0.4 is 5.11 Å². The average Bonchev–Trinajstić information content (AvgIpc) is 2.53. The number of carboxylic acid groups (broad SMARTS) is 1. The molecule has 1 N–H and O–H groups in total. The first-order valence-electron chi connectivity index (χ1n) is 8.33. The number of aliphatic carboxylic acids is 1. The van der Waals surface area contributed by atoms with Crippen molar-refractivity contribution in [3.63, 3.8) is 0 Å². The summed E-state index contributed by atoms with van der Waals surface area (Å²) in [4.78, 5) is 10.2. The molecule has 128 valence electrons. The lowest BCUT2D eigenvalue weighted by Crippen LogP contribution is -2.21. The summed E-state index contributed by atoms with van der Waals surface area (Å²) >= 11 is 0. The highest BCUT2D eigenvalue weighted by atomic mass is 16.4. The minimum Gasteiger partial charge on any atom is -0.550 e. The highest BCUT2D eigenvalue weighted by Gasteiger charge is 1.89. The Morgan fingerprint density at radius 2 is 1.52 bits per heavy atom. The highest BCUT2D eigenvalue weighted by Crippen LogP contribution is 1.98. The number of carbonyl (C=O) groups excluding carboxylic acids is 1. The summed E-state index contributed by atoms with van der Waals surface area (Å²) in [6.45, 7) is 1.95. The van der Waals surface area contributed by atoms with Gasteiger partial charge in [-0.2, -0.15) is 0 Å². The van der Waals surface area contributed by atoms with Gasteiger partial charge in [0.05, 0.1) is 6.10 Å². The SMILES string of the molecule is CCC(O)/C=C/C=C\C/C=C\C/C=C\C/C=C\CCCC(=O)[O-]. The van der Waals surface area contributed by atoms with Crippen LogP contribution in [0.25, 0.3) is 0 Å². The van der Waals surface area contributed by atoms with E-state index in [1.165, 1.54) is 0 Å². The van der Waals surface area contributed by atoms with Crippen LogP contribution in [0, 0.1) is 0 Å². The Morgan fingerprint density at radius 3 is 2.09 bits per heavy atom. The van der Waals surface area contributed by atoms with Crippen molar-refractivity contribution in [2.75, 3.05) is 0 Å². The van der Waals surface area contributed by atoms with Gasteiger partial charge in [-0.3, -0.25) is 0 Å². The Kier molecular flexibility index (Phi) is 15.2. The molecule has 0 aliphatic rings. The normalized spacial score (nSPS) is 14.2. The van der Waals surface area contributed by atoms with E-state index in [-0.39, 0.29) is 12.5 Å². The summed E-state index contributed by atoms with van der Waals surface area (Å²) in [6, 6.07) is 0. The zero-order valence-corrected chi connectivity index (χ0v) is 14.1. The third kappa shape index (κ3) is 18.1. The van der Waals surface area contributed by atoms with Gasteiger partial charge in [0, 0.05) is 5.97 Å². The lowest BCUT2D eigenvalue weighted by atomic mass is 10.2. The van der Waals surface area contributed by atoms with Crippen molar-refractivity contribution in [3.05, 3.63) is 60.8 Å². The number of aliphatic hydroxyl groups is 1. The van der Waals surface area contributed by atoms with E-state index in [0.717, 1.165) is 32.1 Å². The maximum absolute atomic E-state index is 10.2. The highest BCUT2D eigenvalue weighted by molar-refractivity contribution is 5.64. The molecule has 1 unspecified atom stereocenters. The van der Waals surface area contributed by atoms with E-state index in [9.17, 15) is 15.0 Å². The standard InChI is InChI=1S/C20H30O3/c1-2-19(21)17-15-13-11-9-7-5-3-4-6-8-10-12-14-16-18-20(22)23/h4-7,10-13,15,17,19,21H,2-3,8-9,14,16,18H2,1H3,(H,22,23)/p-1/b6-4-,7-5-,12-10-,13-11-,17-15+. The van der Waals surface area contributed by atoms with Crippen molar-refractivity contribution in [2.45, 2.75) is 58.0 Å². The van der Waals surface area contributed by atoms with Crippen LogP contribution in [0.5, 0.6) is 0 Å².